The van der Waals surface area contributed by atoms with Crippen molar-refractivity contribution in [2.24, 2.45) is 0 Å². The van der Waals surface area contributed by atoms with Gasteiger partial charge in [-0.25, -0.2) is 0 Å². The zero-order valence-electron chi connectivity index (χ0n) is 11.1. The molecule has 0 amide bonds. The first-order valence-electron chi connectivity index (χ1n) is 5.33. The van der Waals surface area contributed by atoms with E-state index in [0.717, 1.165) is 0 Å². The summed E-state index contributed by atoms with van der Waals surface area (Å²) in [5.41, 5.74) is 4.15. The van der Waals surface area contributed by atoms with E-state index in [-0.39, 0.29) is 0 Å². The quantitative estimate of drug-likeness (QED) is 0.481. The maximum Gasteiger partial charge on any atom is -0.0398 e. The largest absolute Gasteiger partial charge is 0.0762 e. The molecular formula is C13H28. The van der Waals surface area contributed by atoms with Crippen molar-refractivity contribution in [1.29, 1.82) is 0 Å². The Bertz CT molecular complexity index is 139. The Morgan fingerprint density at radius 2 is 1.00 bits per heavy atom. The van der Waals surface area contributed by atoms with Crippen LogP contribution < -0.4 is 0 Å². The van der Waals surface area contributed by atoms with Gasteiger partial charge in [0.2, 0.25) is 0 Å². The Morgan fingerprint density at radius 3 is 1.08 bits per heavy atom. The second-order valence-corrected chi connectivity index (χ2v) is 2.90. The molecule has 0 heteroatoms. The monoisotopic (exact) mass is 184 g/mol. The summed E-state index contributed by atoms with van der Waals surface area (Å²) < 4.78 is 0. The highest BCUT2D eigenvalue weighted by atomic mass is 13.9. The average molecular weight is 184 g/mol. The van der Waals surface area contributed by atoms with Crippen LogP contribution in [-0.2, 0) is 0 Å². The number of hydrogen-bond acceptors (Lipinski definition) is 0. The molecule has 0 radical (unpaired) electrons. The Labute approximate surface area is 85.8 Å². The van der Waals surface area contributed by atoms with E-state index in [1.165, 1.54) is 16.7 Å². The third-order valence-corrected chi connectivity index (χ3v) is 1.29. The van der Waals surface area contributed by atoms with Crippen LogP contribution in [0.15, 0.2) is 22.8 Å². The van der Waals surface area contributed by atoms with Gasteiger partial charge in [0.1, 0.15) is 0 Å². The van der Waals surface area contributed by atoms with E-state index in [4.69, 9.17) is 0 Å². The third-order valence-electron chi connectivity index (χ3n) is 1.29. The van der Waals surface area contributed by atoms with Crippen LogP contribution in [0.2, 0.25) is 0 Å². The summed E-state index contributed by atoms with van der Waals surface area (Å²) in [6, 6.07) is 0. The molecule has 0 aromatic carbocycles. The van der Waals surface area contributed by atoms with Crippen molar-refractivity contribution in [3.05, 3.63) is 22.8 Å². The molecule has 0 aliphatic rings. The molecule has 0 rings (SSSR count). The summed E-state index contributed by atoms with van der Waals surface area (Å²) in [5.74, 6) is 0. The molecule has 0 bridgehead atoms. The van der Waals surface area contributed by atoms with Gasteiger partial charge < -0.3 is 0 Å². The Morgan fingerprint density at radius 1 is 0.692 bits per heavy atom. The van der Waals surface area contributed by atoms with Crippen LogP contribution in [-0.4, -0.2) is 0 Å². The molecule has 0 nitrogen and oxygen atoms in total. The fourth-order valence-electron chi connectivity index (χ4n) is 0.577. The van der Waals surface area contributed by atoms with Crippen molar-refractivity contribution < 1.29 is 0 Å². The lowest BCUT2D eigenvalue weighted by Crippen LogP contribution is -1.74. The van der Waals surface area contributed by atoms with Crippen LogP contribution in [0.4, 0.5) is 0 Å². The minimum absolute atomic E-state index is 1.37. The van der Waals surface area contributed by atoms with Crippen LogP contribution >= 0.6 is 0 Å². The second kappa shape index (κ2) is 14.0. The normalized spacial score (nSPS) is 6.85. The highest BCUT2D eigenvalue weighted by Gasteiger charge is 1.84. The van der Waals surface area contributed by atoms with Gasteiger partial charge in [-0.15, -0.1) is 0 Å². The standard InChI is InChI=1S/C9H16.2C2H6/c1-7(2)6-9(5)8(3)4;2*1-2/h6H,1-5H3;2*1-2H3. The zero-order valence-corrected chi connectivity index (χ0v) is 11.1. The summed E-state index contributed by atoms with van der Waals surface area (Å²) in [7, 11) is 0. The lowest BCUT2D eigenvalue weighted by atomic mass is 10.1. The topological polar surface area (TPSA) is 0 Å². The maximum atomic E-state index is 2.20. The molecule has 0 saturated heterocycles. The molecule has 0 spiro atoms. The number of allylic oxidation sites excluding steroid dienone is 4. The lowest BCUT2D eigenvalue weighted by molar-refractivity contribution is 1.26. The fraction of sp³-hybridized carbons (Fsp3) is 0.692. The van der Waals surface area contributed by atoms with Crippen molar-refractivity contribution in [2.75, 3.05) is 0 Å². The molecule has 0 aromatic rings. The highest BCUT2D eigenvalue weighted by molar-refractivity contribution is 5.23. The van der Waals surface area contributed by atoms with Crippen LogP contribution in [0.1, 0.15) is 62.3 Å². The first-order valence-corrected chi connectivity index (χ1v) is 5.33. The van der Waals surface area contributed by atoms with Crippen LogP contribution in [0.3, 0.4) is 0 Å². The summed E-state index contributed by atoms with van der Waals surface area (Å²) >= 11 is 0. The molecule has 0 aliphatic heterocycles. The molecular weight excluding hydrogens is 156 g/mol. The van der Waals surface area contributed by atoms with Crippen LogP contribution in [0.5, 0.6) is 0 Å². The molecule has 0 heterocycles. The Kier molecular flexibility index (Phi) is 19.8. The van der Waals surface area contributed by atoms with E-state index in [9.17, 15) is 0 Å². The van der Waals surface area contributed by atoms with Gasteiger partial charge in [-0.2, -0.15) is 0 Å². The van der Waals surface area contributed by atoms with Gasteiger partial charge in [0.15, 0.2) is 0 Å². The van der Waals surface area contributed by atoms with E-state index in [2.05, 4.69) is 40.7 Å². The predicted octanol–water partition coefficient (Wildman–Crippen LogP) is 5.36. The minimum atomic E-state index is 1.37. The predicted molar refractivity (Wildman–Crippen MR) is 66.2 cm³/mol. The van der Waals surface area contributed by atoms with Crippen molar-refractivity contribution in [2.45, 2.75) is 62.3 Å². The Hall–Kier alpha value is -0.520. The van der Waals surface area contributed by atoms with Crippen LogP contribution in [0, 0.1) is 0 Å². The number of rotatable bonds is 1. The lowest BCUT2D eigenvalue weighted by Gasteiger charge is -1.95. The van der Waals surface area contributed by atoms with Crippen molar-refractivity contribution in [3.63, 3.8) is 0 Å². The molecule has 0 atom stereocenters. The summed E-state index contributed by atoms with van der Waals surface area (Å²) in [4.78, 5) is 0. The molecule has 0 fully saturated rings. The SMILES string of the molecule is CC.CC.CC(C)=CC(C)=C(C)C. The van der Waals surface area contributed by atoms with Gasteiger partial charge >= 0.3 is 0 Å². The van der Waals surface area contributed by atoms with Gasteiger partial charge in [-0.05, 0) is 34.6 Å². The fourth-order valence-corrected chi connectivity index (χ4v) is 0.577. The summed E-state index contributed by atoms with van der Waals surface area (Å²) in [5, 5.41) is 0. The molecule has 0 aromatic heterocycles. The molecule has 0 N–H and O–H groups in total. The third kappa shape index (κ3) is 18.4. The second-order valence-electron chi connectivity index (χ2n) is 2.90. The molecule has 0 aliphatic carbocycles. The van der Waals surface area contributed by atoms with E-state index in [0.29, 0.717) is 0 Å². The van der Waals surface area contributed by atoms with E-state index >= 15 is 0 Å². The molecule has 80 valence electrons. The summed E-state index contributed by atoms with van der Waals surface area (Å²) in [6.45, 7) is 18.6. The molecule has 13 heavy (non-hydrogen) atoms. The van der Waals surface area contributed by atoms with E-state index in [1.54, 1.807) is 0 Å². The molecule has 0 unspecified atom stereocenters. The Balaban J connectivity index is -0.000000218. The summed E-state index contributed by atoms with van der Waals surface area (Å²) in [6.07, 6.45) is 2.20. The smallest absolute Gasteiger partial charge is 0.0398 e. The van der Waals surface area contributed by atoms with E-state index < -0.39 is 0 Å². The minimum Gasteiger partial charge on any atom is -0.0762 e. The highest BCUT2D eigenvalue weighted by Crippen LogP contribution is 2.05. The molecule has 0 saturated carbocycles. The first-order chi connectivity index (χ1) is 6.04. The van der Waals surface area contributed by atoms with Gasteiger partial charge in [0.25, 0.3) is 0 Å². The van der Waals surface area contributed by atoms with Crippen molar-refractivity contribution >= 4 is 0 Å². The maximum absolute atomic E-state index is 2.20. The number of hydrogen-bond donors (Lipinski definition) is 0. The van der Waals surface area contributed by atoms with Gasteiger partial charge in [-0.1, -0.05) is 50.5 Å². The van der Waals surface area contributed by atoms with E-state index in [1.807, 2.05) is 27.7 Å². The van der Waals surface area contributed by atoms with Gasteiger partial charge in [0.05, 0.1) is 0 Å². The first kappa shape index (κ1) is 18.3. The average Bonchev–Trinajstić information content (AvgIpc) is 2.10. The van der Waals surface area contributed by atoms with Crippen LogP contribution in [0.25, 0.3) is 0 Å². The van der Waals surface area contributed by atoms with Gasteiger partial charge in [0, 0.05) is 0 Å². The van der Waals surface area contributed by atoms with Gasteiger partial charge in [-0.3, -0.25) is 0 Å². The zero-order chi connectivity index (χ0) is 11.4. The van der Waals surface area contributed by atoms with Crippen molar-refractivity contribution in [1.82, 2.24) is 0 Å². The van der Waals surface area contributed by atoms with Crippen molar-refractivity contribution in [3.8, 4) is 0 Å².